The van der Waals surface area contributed by atoms with Crippen molar-refractivity contribution >= 4 is 121 Å². The van der Waals surface area contributed by atoms with E-state index in [2.05, 4.69) is 50.9 Å². The Balaban J connectivity index is 0.000000328. The van der Waals surface area contributed by atoms with Gasteiger partial charge in [-0.2, -0.15) is 7.11 Å². The summed E-state index contributed by atoms with van der Waals surface area (Å²) in [5.41, 5.74) is 1.87. The number of hydrogen-bond acceptors (Lipinski definition) is 24. The molecule has 0 atom stereocenters. The number of aromatic nitrogens is 4. The third kappa shape index (κ3) is 31.6. The minimum atomic E-state index is -1.30. The van der Waals surface area contributed by atoms with Crippen molar-refractivity contribution in [1.29, 1.82) is 0 Å². The summed E-state index contributed by atoms with van der Waals surface area (Å²) in [6.07, 6.45) is -3.95. The molecule has 2 heterocycles. The van der Waals surface area contributed by atoms with Gasteiger partial charge in [0, 0.05) is 83.7 Å². The summed E-state index contributed by atoms with van der Waals surface area (Å²) in [4.78, 5) is 148. The predicted molar refractivity (Wildman–Crippen MR) is 438 cm³/mol. The van der Waals surface area contributed by atoms with Gasteiger partial charge in [0.2, 0.25) is 0 Å². The first-order chi connectivity index (χ1) is 58.2. The standard InChI is InChI=1S/C20H20F2N2O6.C19H17F2N3O4.C15H10F2N2O6.C14H8ClF2N3O2.C11H16N2O2.CH4O.CH3O.Na/c1-20(2,3)30-19(27)23-11-5-7-12(8-6-11)29-18(26)24-16-10-15(22)14(21)9-13(16)17(25)28-4;1-19(2,3)28-18(27)22-10-4-6-11(7-5-10)24-16(25)12-8-13(20)14(21)9-15(12)23-17(24)26;1-24-14(20)10-6-11(16)12(17)7-13(10)18-15(21)25-9-4-2-8(3-5-9)19(22)23;15-19-7-1-3-8(4-2-7)20-13(21)9-5-10(16)11(17)6-12(9)18-14(20)22;1-11(2,3)15-10(14)13-9-6-4-8(12)5-7-9;2*1-2;/h5-10H,1-4H3,(H,23,27)(H,24,26);4-9H,1-3H3,(H,22,27)(H,23,26);2-7H,1H3,(H,18,21);1-6,19H,(H,18,22);4-7H,12H2,1-3H3,(H,13,14);2H,1H3;1H3;/q;;;;;;-1;+1. The average Bonchev–Trinajstić information content (AvgIpc) is 0.774. The molecular weight excluding hydrogens is 1700 g/mol. The number of nitrogens with one attached hydrogen (secondary N) is 8. The number of halogens is 9. The summed E-state index contributed by atoms with van der Waals surface area (Å²) in [6.45, 7) is 15.8. The molecule has 125 heavy (non-hydrogen) atoms. The number of hydrogen-bond donors (Lipinski definition) is 10. The van der Waals surface area contributed by atoms with Gasteiger partial charge in [-0.1, -0.05) is 0 Å². The van der Waals surface area contributed by atoms with Gasteiger partial charge in [0.1, 0.15) is 28.3 Å². The molecule has 11 rings (SSSR count). The molecule has 0 radical (unpaired) electrons. The van der Waals surface area contributed by atoms with Gasteiger partial charge in [0.25, 0.3) is 16.8 Å². The van der Waals surface area contributed by atoms with Gasteiger partial charge >= 0.3 is 83.3 Å². The maximum absolute atomic E-state index is 13.5. The van der Waals surface area contributed by atoms with Crippen LogP contribution in [0.15, 0.2) is 189 Å². The van der Waals surface area contributed by atoms with Gasteiger partial charge in [-0.3, -0.25) is 51.1 Å². The monoisotopic (exact) mass is 1780 g/mol. The summed E-state index contributed by atoms with van der Waals surface area (Å²) < 4.78 is 143. The van der Waals surface area contributed by atoms with E-state index in [4.69, 9.17) is 51.4 Å². The van der Waals surface area contributed by atoms with Gasteiger partial charge in [0.05, 0.1) is 74.8 Å². The molecular formula is C81H78ClF8N12NaO22. The fourth-order valence-corrected chi connectivity index (χ4v) is 9.80. The van der Waals surface area contributed by atoms with E-state index in [1.807, 2.05) is 20.8 Å². The van der Waals surface area contributed by atoms with Crippen LogP contribution in [0.1, 0.15) is 83.0 Å². The summed E-state index contributed by atoms with van der Waals surface area (Å²) >= 11 is 5.43. The van der Waals surface area contributed by atoms with E-state index in [0.29, 0.717) is 52.7 Å². The molecule has 11 N–H and O–H groups in total. The van der Waals surface area contributed by atoms with Gasteiger partial charge in [-0.25, -0.2) is 87.4 Å². The number of nitrogens with zero attached hydrogens (tertiary/aromatic N) is 3. The van der Waals surface area contributed by atoms with Gasteiger partial charge < -0.3 is 59.1 Å². The first kappa shape index (κ1) is 103. The van der Waals surface area contributed by atoms with E-state index in [1.165, 1.54) is 72.8 Å². The number of esters is 2. The van der Waals surface area contributed by atoms with Crippen LogP contribution < -0.4 is 104 Å². The van der Waals surface area contributed by atoms with E-state index in [0.717, 1.165) is 74.0 Å². The molecule has 0 aliphatic carbocycles. The number of fused-ring (bicyclic) bond motifs is 2. The fourth-order valence-electron chi connectivity index (χ4n) is 9.67. The number of benzene rings is 9. The number of nitro benzene ring substituents is 1. The maximum Gasteiger partial charge on any atom is 1.00 e. The smallest absolute Gasteiger partial charge is 0.857 e. The molecule has 0 fully saturated rings. The number of amides is 5. The Morgan fingerprint density at radius 2 is 0.704 bits per heavy atom. The first-order valence-corrected chi connectivity index (χ1v) is 35.6. The number of methoxy groups -OCH3 is 2. The Morgan fingerprint density at radius 3 is 1.01 bits per heavy atom. The number of rotatable bonds is 13. The maximum atomic E-state index is 13.5. The van der Waals surface area contributed by atoms with Crippen LogP contribution in [0.5, 0.6) is 11.5 Å². The Hall–Kier alpha value is -14.2. The third-order valence-electron chi connectivity index (χ3n) is 14.8. The second-order valence-electron chi connectivity index (χ2n) is 27.4. The van der Waals surface area contributed by atoms with Gasteiger partial charge in [0.15, 0.2) is 46.5 Å². The topological polar surface area (TPSA) is 478 Å². The van der Waals surface area contributed by atoms with Crippen LogP contribution in [0.4, 0.5) is 105 Å². The van der Waals surface area contributed by atoms with Crippen LogP contribution in [0.25, 0.3) is 33.2 Å². The molecule has 0 bridgehead atoms. The minimum Gasteiger partial charge on any atom is -0.857 e. The van der Waals surface area contributed by atoms with Crippen molar-refractivity contribution in [2.75, 3.05) is 65.6 Å². The molecule has 0 spiro atoms. The number of aliphatic hydroxyl groups excluding tert-OH is 1. The van der Waals surface area contributed by atoms with Gasteiger partial charge in [-0.15, -0.1) is 0 Å². The van der Waals surface area contributed by atoms with Crippen molar-refractivity contribution in [3.63, 3.8) is 0 Å². The Morgan fingerprint density at radius 1 is 0.424 bits per heavy atom. The van der Waals surface area contributed by atoms with E-state index < -0.39 is 139 Å². The van der Waals surface area contributed by atoms with Crippen LogP contribution in [0.3, 0.4) is 0 Å². The number of anilines is 7. The Kier molecular flexibility index (Phi) is 38.5. The predicted octanol–water partition coefficient (Wildman–Crippen LogP) is 12.0. The van der Waals surface area contributed by atoms with Crippen LogP contribution in [0, 0.1) is 56.7 Å². The van der Waals surface area contributed by atoms with Gasteiger partial charge in [-0.05, 0) is 196 Å². The second kappa shape index (κ2) is 46.7. The van der Waals surface area contributed by atoms with Crippen molar-refractivity contribution in [1.82, 2.24) is 19.1 Å². The van der Waals surface area contributed by atoms with Crippen molar-refractivity contribution in [3.05, 3.63) is 279 Å². The van der Waals surface area contributed by atoms with Crippen molar-refractivity contribution in [2.24, 2.45) is 0 Å². The van der Waals surface area contributed by atoms with Crippen LogP contribution in [-0.2, 0) is 23.7 Å². The largest absolute Gasteiger partial charge is 1.00 e. The Labute approximate surface area is 730 Å². The van der Waals surface area contributed by atoms with Crippen molar-refractivity contribution in [3.8, 4) is 22.9 Å². The molecule has 0 saturated carbocycles. The quantitative estimate of drug-likeness (QED) is 0.00749. The number of carbonyl (C=O) groups excluding carboxylic acids is 7. The zero-order chi connectivity index (χ0) is 93.0. The fraction of sp³-hybridized carbons (Fsp3) is 0.198. The number of nitro groups is 1. The number of carbonyl (C=O) groups is 7. The van der Waals surface area contributed by atoms with Crippen molar-refractivity contribution < 1.29 is 147 Å². The number of ether oxygens (including phenoxy) is 7. The van der Waals surface area contributed by atoms with Crippen molar-refractivity contribution in [2.45, 2.75) is 79.1 Å². The number of nitrogen functional groups attached to an aromatic ring is 1. The molecule has 0 aliphatic rings. The SMILES string of the molecule is CC(C)(C)OC(=O)Nc1ccc(-n2c(=O)[nH]c3cc(F)c(F)cc3c2=O)cc1.CC(C)(C)OC(=O)Nc1ccc(N)cc1.CO.COC(=O)c1cc(F)c(F)cc1NC(=O)Oc1ccc(NC(=O)OC(C)(C)C)cc1.COC(=O)c1cc(F)c(F)cc1NC(=O)Oc1ccc([N+](=O)[O-])cc1.C[O-].O=c1[nH]c2cc(F)c(F)cc2c(=O)n1-c1ccc(NCl)cc1.[Na+]. The molecule has 11 aromatic rings. The summed E-state index contributed by atoms with van der Waals surface area (Å²) in [5.74, 6) is -11.7. The molecule has 0 unspecified atom stereocenters. The molecule has 2 aromatic heterocycles. The number of aromatic amines is 2. The van der Waals surface area contributed by atoms with Crippen LogP contribution in [-0.4, -0.2) is 117 Å². The normalized spacial score (nSPS) is 10.5. The number of H-pyrrole nitrogens is 2. The number of aliphatic hydroxyl groups is 1. The molecule has 5 amide bonds. The zero-order valence-corrected chi connectivity index (χ0v) is 71.3. The third-order valence-corrected chi connectivity index (χ3v) is 15.0. The molecule has 9 aromatic carbocycles. The van der Waals surface area contributed by atoms with E-state index >= 15 is 0 Å². The minimum absolute atomic E-state index is 0. The number of non-ortho nitro benzene ring substituents is 1. The van der Waals surface area contributed by atoms with Crippen LogP contribution >= 0.6 is 11.8 Å². The molecule has 658 valence electrons. The number of nitrogens with two attached hydrogens (primary N) is 1. The van der Waals surface area contributed by atoms with Crippen LogP contribution in [0.2, 0.25) is 0 Å². The Bertz CT molecular complexity index is 5940. The van der Waals surface area contributed by atoms with E-state index in [1.54, 1.807) is 77.9 Å². The molecule has 0 aliphatic heterocycles. The molecule has 44 heteroatoms. The molecule has 34 nitrogen and oxygen atoms in total. The zero-order valence-electron chi connectivity index (χ0n) is 68.5. The molecule has 0 saturated heterocycles. The second-order valence-corrected chi connectivity index (χ2v) is 27.6. The summed E-state index contributed by atoms with van der Waals surface area (Å²) in [6, 6.07) is 34.5. The van der Waals surface area contributed by atoms with E-state index in [-0.39, 0.29) is 96.9 Å². The summed E-state index contributed by atoms with van der Waals surface area (Å²) in [7, 11) is 3.83. The first-order valence-electron chi connectivity index (χ1n) is 35.3. The average molecular weight is 1780 g/mol. The van der Waals surface area contributed by atoms with E-state index in [9.17, 15) is 98.0 Å². The summed E-state index contributed by atoms with van der Waals surface area (Å²) in [5, 5.41) is 37.4.